The summed E-state index contributed by atoms with van der Waals surface area (Å²) in [5, 5.41) is 11.9. The van der Waals surface area contributed by atoms with Gasteiger partial charge in [-0.3, -0.25) is 4.79 Å². The Bertz CT molecular complexity index is 155. The number of hydrogen-bond donors (Lipinski definition) is 2. The first-order valence-corrected chi connectivity index (χ1v) is 4.69. The fourth-order valence-corrected chi connectivity index (χ4v) is 1.18. The minimum absolute atomic E-state index is 0.119. The molecule has 0 aliphatic heterocycles. The molecule has 0 aromatic rings. The average Bonchev–Trinajstić information content (AvgIpc) is 1.97. The molecule has 0 bridgehead atoms. The topological polar surface area (TPSA) is 49.3 Å². The number of aliphatic hydroxyl groups is 1. The van der Waals surface area contributed by atoms with Gasteiger partial charge in [0, 0.05) is 12.5 Å². The first-order valence-electron chi connectivity index (χ1n) is 4.69. The van der Waals surface area contributed by atoms with Crippen LogP contribution in [0, 0.1) is 5.92 Å². The van der Waals surface area contributed by atoms with Crippen LogP contribution in [0.3, 0.4) is 0 Å². The molecule has 0 saturated heterocycles. The maximum Gasteiger partial charge on any atom is 0.223 e. The molecule has 1 amide bonds. The first kappa shape index (κ1) is 9.52. The van der Waals surface area contributed by atoms with Crippen LogP contribution in [0.1, 0.15) is 32.6 Å². The van der Waals surface area contributed by atoms with Crippen LogP contribution in [0.15, 0.2) is 0 Å². The second-order valence-corrected chi connectivity index (χ2v) is 3.44. The summed E-state index contributed by atoms with van der Waals surface area (Å²) in [5.41, 5.74) is 0. The van der Waals surface area contributed by atoms with E-state index in [0.29, 0.717) is 13.0 Å². The zero-order valence-corrected chi connectivity index (χ0v) is 7.55. The van der Waals surface area contributed by atoms with E-state index >= 15 is 0 Å². The molecular weight excluding hydrogens is 154 g/mol. The Hall–Kier alpha value is -0.570. The van der Waals surface area contributed by atoms with Gasteiger partial charge in [-0.1, -0.05) is 13.3 Å². The summed E-state index contributed by atoms with van der Waals surface area (Å²) in [6, 6.07) is 0. The Morgan fingerprint density at radius 2 is 2.33 bits per heavy atom. The second kappa shape index (κ2) is 4.45. The molecule has 1 unspecified atom stereocenters. The van der Waals surface area contributed by atoms with Crippen LogP contribution < -0.4 is 5.32 Å². The molecule has 1 aliphatic rings. The standard InChI is InChI=1S/C9H17NO2/c1-2-8(11)6-10-9(12)7-4-3-5-7/h7-8,11H,2-6H2,1H3,(H,10,12). The van der Waals surface area contributed by atoms with E-state index in [1.165, 1.54) is 6.42 Å². The fourth-order valence-electron chi connectivity index (χ4n) is 1.18. The number of amides is 1. The molecule has 3 heteroatoms. The molecule has 0 aromatic carbocycles. The van der Waals surface area contributed by atoms with Crippen LogP contribution in [0.4, 0.5) is 0 Å². The minimum Gasteiger partial charge on any atom is -0.391 e. The van der Waals surface area contributed by atoms with E-state index in [1.807, 2.05) is 6.92 Å². The van der Waals surface area contributed by atoms with E-state index < -0.39 is 0 Å². The van der Waals surface area contributed by atoms with E-state index in [9.17, 15) is 4.79 Å². The number of carbonyl (C=O) groups excluding carboxylic acids is 1. The molecular formula is C9H17NO2. The molecule has 12 heavy (non-hydrogen) atoms. The SMILES string of the molecule is CCC(O)CNC(=O)C1CCC1. The van der Waals surface area contributed by atoms with Crippen LogP contribution in [0.5, 0.6) is 0 Å². The van der Waals surface area contributed by atoms with Crippen molar-refractivity contribution < 1.29 is 9.90 Å². The van der Waals surface area contributed by atoms with E-state index in [0.717, 1.165) is 12.8 Å². The molecule has 1 atom stereocenters. The van der Waals surface area contributed by atoms with E-state index in [4.69, 9.17) is 5.11 Å². The lowest BCUT2D eigenvalue weighted by Gasteiger charge is -2.24. The van der Waals surface area contributed by atoms with Crippen LogP contribution >= 0.6 is 0 Å². The fraction of sp³-hybridized carbons (Fsp3) is 0.889. The third-order valence-corrected chi connectivity index (χ3v) is 2.46. The summed E-state index contributed by atoms with van der Waals surface area (Å²) in [4.78, 5) is 11.2. The molecule has 1 aliphatic carbocycles. The number of rotatable bonds is 4. The molecule has 1 saturated carbocycles. The molecule has 0 heterocycles. The van der Waals surface area contributed by atoms with Crippen molar-refractivity contribution in [2.45, 2.75) is 38.7 Å². The highest BCUT2D eigenvalue weighted by Gasteiger charge is 2.24. The lowest BCUT2D eigenvalue weighted by Crippen LogP contribution is -2.38. The van der Waals surface area contributed by atoms with Crippen molar-refractivity contribution in [3.8, 4) is 0 Å². The molecule has 0 radical (unpaired) electrons. The molecule has 70 valence electrons. The molecule has 1 rings (SSSR count). The number of hydrogen-bond acceptors (Lipinski definition) is 2. The predicted molar refractivity (Wildman–Crippen MR) is 46.6 cm³/mol. The quantitative estimate of drug-likeness (QED) is 0.653. The first-order chi connectivity index (χ1) is 5.74. The maximum atomic E-state index is 11.2. The summed E-state index contributed by atoms with van der Waals surface area (Å²) in [5.74, 6) is 0.350. The third-order valence-electron chi connectivity index (χ3n) is 2.46. The van der Waals surface area contributed by atoms with E-state index in [2.05, 4.69) is 5.32 Å². The van der Waals surface area contributed by atoms with Crippen LogP contribution in [-0.4, -0.2) is 23.7 Å². The molecule has 1 fully saturated rings. The van der Waals surface area contributed by atoms with Gasteiger partial charge in [-0.2, -0.15) is 0 Å². The average molecular weight is 171 g/mol. The molecule has 2 N–H and O–H groups in total. The van der Waals surface area contributed by atoms with Gasteiger partial charge < -0.3 is 10.4 Å². The lowest BCUT2D eigenvalue weighted by molar-refractivity contribution is -0.127. The summed E-state index contributed by atoms with van der Waals surface area (Å²) in [6.07, 6.45) is 3.54. The van der Waals surface area contributed by atoms with Gasteiger partial charge in [0.05, 0.1) is 6.10 Å². The highest BCUT2D eigenvalue weighted by atomic mass is 16.3. The highest BCUT2D eigenvalue weighted by molar-refractivity contribution is 5.79. The van der Waals surface area contributed by atoms with Crippen molar-refractivity contribution in [3.63, 3.8) is 0 Å². The van der Waals surface area contributed by atoms with Crippen molar-refractivity contribution in [3.05, 3.63) is 0 Å². The van der Waals surface area contributed by atoms with Crippen molar-refractivity contribution in [1.82, 2.24) is 5.32 Å². The Kier molecular flexibility index (Phi) is 3.53. The lowest BCUT2D eigenvalue weighted by atomic mass is 9.85. The Morgan fingerprint density at radius 3 is 2.75 bits per heavy atom. The van der Waals surface area contributed by atoms with Gasteiger partial charge in [-0.15, -0.1) is 0 Å². The van der Waals surface area contributed by atoms with Gasteiger partial charge in [0.2, 0.25) is 5.91 Å². The highest BCUT2D eigenvalue weighted by Crippen LogP contribution is 2.25. The summed E-state index contributed by atoms with van der Waals surface area (Å²) in [7, 11) is 0. The smallest absolute Gasteiger partial charge is 0.223 e. The Morgan fingerprint density at radius 1 is 1.67 bits per heavy atom. The van der Waals surface area contributed by atoms with Crippen molar-refractivity contribution >= 4 is 5.91 Å². The third kappa shape index (κ3) is 2.48. The monoisotopic (exact) mass is 171 g/mol. The van der Waals surface area contributed by atoms with Gasteiger partial charge in [0.1, 0.15) is 0 Å². The summed E-state index contributed by atoms with van der Waals surface area (Å²) >= 11 is 0. The largest absolute Gasteiger partial charge is 0.391 e. The number of carbonyl (C=O) groups is 1. The molecule has 3 nitrogen and oxygen atoms in total. The van der Waals surface area contributed by atoms with Gasteiger partial charge in [0.15, 0.2) is 0 Å². The normalized spacial score (nSPS) is 19.8. The van der Waals surface area contributed by atoms with Crippen LogP contribution in [0.25, 0.3) is 0 Å². The van der Waals surface area contributed by atoms with Gasteiger partial charge in [-0.05, 0) is 19.3 Å². The maximum absolute atomic E-state index is 11.2. The van der Waals surface area contributed by atoms with Crippen molar-refractivity contribution in [2.24, 2.45) is 5.92 Å². The van der Waals surface area contributed by atoms with E-state index in [-0.39, 0.29) is 17.9 Å². The number of nitrogens with one attached hydrogen (secondary N) is 1. The van der Waals surface area contributed by atoms with Crippen LogP contribution in [-0.2, 0) is 4.79 Å². The predicted octanol–water partition coefficient (Wildman–Crippen LogP) is 0.674. The number of aliphatic hydroxyl groups excluding tert-OH is 1. The zero-order valence-electron chi connectivity index (χ0n) is 7.55. The Labute approximate surface area is 73.2 Å². The summed E-state index contributed by atoms with van der Waals surface area (Å²) in [6.45, 7) is 2.31. The van der Waals surface area contributed by atoms with Crippen LogP contribution in [0.2, 0.25) is 0 Å². The zero-order chi connectivity index (χ0) is 8.97. The van der Waals surface area contributed by atoms with E-state index in [1.54, 1.807) is 0 Å². The summed E-state index contributed by atoms with van der Waals surface area (Å²) < 4.78 is 0. The Balaban J connectivity index is 2.09. The second-order valence-electron chi connectivity index (χ2n) is 3.44. The minimum atomic E-state index is -0.381. The van der Waals surface area contributed by atoms with Gasteiger partial charge >= 0.3 is 0 Å². The van der Waals surface area contributed by atoms with Crippen molar-refractivity contribution in [1.29, 1.82) is 0 Å². The van der Waals surface area contributed by atoms with Gasteiger partial charge in [0.25, 0.3) is 0 Å². The van der Waals surface area contributed by atoms with Gasteiger partial charge in [-0.25, -0.2) is 0 Å². The van der Waals surface area contributed by atoms with Crippen molar-refractivity contribution in [2.75, 3.05) is 6.54 Å². The molecule has 0 spiro atoms. The molecule has 0 aromatic heterocycles.